The smallest absolute Gasteiger partial charge is 0.164 e. The van der Waals surface area contributed by atoms with Crippen molar-refractivity contribution in [2.24, 2.45) is 0 Å². The zero-order valence-electron chi connectivity index (χ0n) is 37.0. The van der Waals surface area contributed by atoms with Gasteiger partial charge in [-0.2, -0.15) is 0 Å². The van der Waals surface area contributed by atoms with E-state index in [2.05, 4.69) is 4.98 Å². The molecule has 0 aliphatic heterocycles. The lowest BCUT2D eigenvalue weighted by Gasteiger charge is -2.16. The predicted octanol–water partition coefficient (Wildman–Crippen LogP) is 11.5. The first kappa shape index (κ1) is 19.2. The second kappa shape index (κ2) is 11.4. The molecule has 5 nitrogen and oxygen atoms in total. The van der Waals surface area contributed by atoms with E-state index < -0.39 is 36.3 Å². The molecule has 10 aromatic rings. The van der Waals surface area contributed by atoms with Gasteiger partial charge in [0, 0.05) is 49.4 Å². The molecular formula is C45H28N4O. The summed E-state index contributed by atoms with van der Waals surface area (Å²) in [5.74, 6) is 0.146. The molecule has 0 aliphatic carbocycles. The van der Waals surface area contributed by atoms with Crippen molar-refractivity contribution in [2.75, 3.05) is 0 Å². The van der Waals surface area contributed by atoms with Crippen LogP contribution in [0.4, 0.5) is 0 Å². The number of para-hydroxylation sites is 4. The summed E-state index contributed by atoms with van der Waals surface area (Å²) in [5.41, 5.74) is 3.36. The zero-order chi connectivity index (χ0) is 42.6. The molecule has 234 valence electrons. The first-order valence-electron chi connectivity index (χ1n) is 21.3. The highest BCUT2D eigenvalue weighted by Crippen LogP contribution is 2.42. The van der Waals surface area contributed by atoms with Gasteiger partial charge in [0.1, 0.15) is 11.2 Å². The molecule has 0 saturated heterocycles. The summed E-state index contributed by atoms with van der Waals surface area (Å²) in [7, 11) is 0. The Morgan fingerprint density at radius 1 is 0.460 bits per heavy atom. The fourth-order valence-corrected chi connectivity index (χ4v) is 6.50. The third-order valence-electron chi connectivity index (χ3n) is 8.72. The highest BCUT2D eigenvalue weighted by Gasteiger charge is 2.21. The van der Waals surface area contributed by atoms with Crippen LogP contribution in [0.2, 0.25) is 0 Å². The Hall–Kier alpha value is -6.85. The van der Waals surface area contributed by atoms with E-state index in [4.69, 9.17) is 28.1 Å². The van der Waals surface area contributed by atoms with Crippen molar-refractivity contribution in [1.29, 1.82) is 0 Å². The highest BCUT2D eigenvalue weighted by molar-refractivity contribution is 6.12. The summed E-state index contributed by atoms with van der Waals surface area (Å²) in [5, 5.41) is 1.94. The summed E-state index contributed by atoms with van der Waals surface area (Å²) >= 11 is 0. The number of benzene rings is 7. The lowest BCUT2D eigenvalue weighted by molar-refractivity contribution is 0.670. The molecule has 0 fully saturated rings. The SMILES string of the molecule is [2H]c1cc([2H])c2oc3c(-c4ccc(-c5nc(-c6ccccc6)nc(-c6c([2H])c([2H])c([2H])c([2H])c6[2H])n5)cc4-n4c5ccccc5c5ccccc54)c([2H])c([2H])c([2H])c3c2c1[2H]. The number of nitrogens with zero attached hydrogens (tertiary/aromatic N) is 4. The van der Waals surface area contributed by atoms with Crippen molar-refractivity contribution in [3.63, 3.8) is 0 Å². The quantitative estimate of drug-likeness (QED) is 0.186. The maximum atomic E-state index is 9.36. The monoisotopic (exact) mass is 651 g/mol. The summed E-state index contributed by atoms with van der Waals surface area (Å²) < 4.78 is 104. The molecule has 0 N–H and O–H groups in total. The first-order valence-corrected chi connectivity index (χ1v) is 15.8. The van der Waals surface area contributed by atoms with E-state index in [1.54, 1.807) is 42.5 Å². The second-order valence-corrected chi connectivity index (χ2v) is 11.6. The summed E-state index contributed by atoms with van der Waals surface area (Å²) in [6.45, 7) is 0. The van der Waals surface area contributed by atoms with E-state index in [1.165, 1.54) is 6.07 Å². The Bertz CT molecular complexity index is 3430. The maximum absolute atomic E-state index is 9.36. The van der Waals surface area contributed by atoms with Crippen LogP contribution < -0.4 is 0 Å². The molecule has 3 heterocycles. The van der Waals surface area contributed by atoms with Crippen molar-refractivity contribution in [1.82, 2.24) is 19.5 Å². The van der Waals surface area contributed by atoms with Gasteiger partial charge in [-0.15, -0.1) is 0 Å². The van der Waals surface area contributed by atoms with E-state index in [-0.39, 0.29) is 80.8 Å². The van der Waals surface area contributed by atoms with Gasteiger partial charge in [-0.05, 0) is 24.2 Å². The largest absolute Gasteiger partial charge is 0.455 e. The van der Waals surface area contributed by atoms with Gasteiger partial charge in [0.15, 0.2) is 17.5 Å². The van der Waals surface area contributed by atoms with Crippen LogP contribution >= 0.6 is 0 Å². The molecule has 0 aliphatic rings. The normalized spacial score (nSPS) is 14.7. The third-order valence-corrected chi connectivity index (χ3v) is 8.72. The fraction of sp³-hybridized carbons (Fsp3) is 0. The Labute approximate surface area is 303 Å². The van der Waals surface area contributed by atoms with E-state index in [0.717, 1.165) is 21.8 Å². The number of hydrogen-bond acceptors (Lipinski definition) is 4. The number of rotatable bonds is 5. The van der Waals surface area contributed by atoms with Crippen LogP contribution in [0.1, 0.15) is 15.1 Å². The summed E-state index contributed by atoms with van der Waals surface area (Å²) in [6, 6.07) is 26.6. The van der Waals surface area contributed by atoms with Gasteiger partial charge in [0.25, 0.3) is 0 Å². The minimum atomic E-state index is -0.553. The molecule has 0 atom stereocenters. The van der Waals surface area contributed by atoms with Crippen LogP contribution in [-0.2, 0) is 0 Å². The molecule has 0 bridgehead atoms. The van der Waals surface area contributed by atoms with E-state index >= 15 is 0 Å². The molecule has 0 saturated carbocycles. The van der Waals surface area contributed by atoms with Gasteiger partial charge in [-0.3, -0.25) is 0 Å². The van der Waals surface area contributed by atoms with Crippen LogP contribution in [0.3, 0.4) is 0 Å². The molecule has 0 radical (unpaired) electrons. The van der Waals surface area contributed by atoms with Crippen molar-refractivity contribution >= 4 is 43.7 Å². The van der Waals surface area contributed by atoms with E-state index in [9.17, 15) is 1.37 Å². The molecule has 50 heavy (non-hydrogen) atoms. The summed E-state index contributed by atoms with van der Waals surface area (Å²) in [6.07, 6.45) is 0. The molecule has 0 spiro atoms. The average molecular weight is 652 g/mol. The van der Waals surface area contributed by atoms with Crippen molar-refractivity contribution in [3.8, 4) is 51.0 Å². The van der Waals surface area contributed by atoms with Gasteiger partial charge in [0.2, 0.25) is 0 Å². The van der Waals surface area contributed by atoms with E-state index in [0.29, 0.717) is 22.4 Å². The lowest BCUT2D eigenvalue weighted by atomic mass is 9.98. The van der Waals surface area contributed by atoms with Crippen molar-refractivity contribution in [2.45, 2.75) is 0 Å². The van der Waals surface area contributed by atoms with Crippen LogP contribution in [0.25, 0.3) is 94.7 Å². The predicted molar refractivity (Wildman–Crippen MR) is 203 cm³/mol. The second-order valence-electron chi connectivity index (χ2n) is 11.6. The first-order chi connectivity index (χ1) is 29.3. The van der Waals surface area contributed by atoms with Crippen LogP contribution in [0.5, 0.6) is 0 Å². The molecule has 0 unspecified atom stereocenters. The maximum Gasteiger partial charge on any atom is 0.164 e. The van der Waals surface area contributed by atoms with Gasteiger partial charge in [-0.1, -0.05) is 145 Å². The zero-order valence-corrected chi connectivity index (χ0v) is 26.0. The molecule has 0 amide bonds. The minimum absolute atomic E-state index is 0.0124. The van der Waals surface area contributed by atoms with Gasteiger partial charge >= 0.3 is 0 Å². The standard InChI is InChI=1S/C45H28N4O/c1-3-14-29(15-4-1)43-46-44(30-16-5-2-6-17-30)48-45(47-43)31-26-27-34(36-21-13-22-37-35-20-9-12-25-41(35)50-42(36)37)40(28-31)49-38-23-10-7-18-32(38)33-19-8-11-24-39(33)49/h1-28H/i1D,3D,4D,9D,13D,14D,15D,20D,21D,22D,25D. The molecule has 3 aromatic heterocycles. The Kier molecular flexibility index (Phi) is 4.38. The van der Waals surface area contributed by atoms with E-state index in [1.807, 2.05) is 59.2 Å². The third kappa shape index (κ3) is 4.52. The average Bonchev–Trinajstić information content (AvgIpc) is 3.84. The van der Waals surface area contributed by atoms with Crippen LogP contribution in [-0.4, -0.2) is 19.5 Å². The van der Waals surface area contributed by atoms with Gasteiger partial charge in [0.05, 0.1) is 31.8 Å². The molecule has 7 aromatic carbocycles. The van der Waals surface area contributed by atoms with Crippen molar-refractivity contribution in [3.05, 3.63) is 170 Å². The number of fused-ring (bicyclic) bond motifs is 6. The Balaban J connectivity index is 1.33. The fourth-order valence-electron chi connectivity index (χ4n) is 6.50. The Morgan fingerprint density at radius 2 is 1.12 bits per heavy atom. The van der Waals surface area contributed by atoms with Crippen molar-refractivity contribution < 1.29 is 19.5 Å². The Morgan fingerprint density at radius 3 is 1.88 bits per heavy atom. The number of furan rings is 1. The van der Waals surface area contributed by atoms with Gasteiger partial charge in [-0.25, -0.2) is 15.0 Å². The highest BCUT2D eigenvalue weighted by atomic mass is 16.3. The lowest BCUT2D eigenvalue weighted by Crippen LogP contribution is -2.02. The topological polar surface area (TPSA) is 56.7 Å². The number of aromatic nitrogens is 4. The molecular weight excluding hydrogens is 613 g/mol. The van der Waals surface area contributed by atoms with Crippen LogP contribution in [0, 0.1) is 0 Å². The molecule has 10 rings (SSSR count). The molecule has 5 heteroatoms. The van der Waals surface area contributed by atoms with Gasteiger partial charge < -0.3 is 8.98 Å². The minimum Gasteiger partial charge on any atom is -0.455 e. The van der Waals surface area contributed by atoms with Crippen LogP contribution in [0.15, 0.2) is 174 Å². The summed E-state index contributed by atoms with van der Waals surface area (Å²) in [4.78, 5) is 14.3. The number of hydrogen-bond donors (Lipinski definition) is 0.